The lowest BCUT2D eigenvalue weighted by molar-refractivity contribution is 0.589. The predicted molar refractivity (Wildman–Crippen MR) is 84.7 cm³/mol. The van der Waals surface area contributed by atoms with Gasteiger partial charge in [0, 0.05) is 6.54 Å². The number of benzene rings is 1. The lowest BCUT2D eigenvalue weighted by Crippen LogP contribution is -2.10. The van der Waals surface area contributed by atoms with E-state index in [9.17, 15) is 4.79 Å². The van der Waals surface area contributed by atoms with Crippen molar-refractivity contribution in [3.8, 4) is 0 Å². The van der Waals surface area contributed by atoms with E-state index < -0.39 is 0 Å². The molecule has 2 aromatic heterocycles. The molecule has 6 heteroatoms. The van der Waals surface area contributed by atoms with Crippen LogP contribution in [-0.2, 0) is 13.0 Å². The highest BCUT2D eigenvalue weighted by Gasteiger charge is 2.09. The predicted octanol–water partition coefficient (Wildman–Crippen LogP) is 2.47. The monoisotopic (exact) mass is 300 g/mol. The molecule has 2 heterocycles. The minimum absolute atomic E-state index is 0.126. The first kappa shape index (κ1) is 13.9. The molecule has 21 heavy (non-hydrogen) atoms. The second-order valence-electron chi connectivity index (χ2n) is 4.77. The van der Waals surface area contributed by atoms with Gasteiger partial charge in [-0.05, 0) is 24.7 Å². The van der Waals surface area contributed by atoms with Crippen LogP contribution in [0.2, 0.25) is 0 Å². The molecule has 0 unspecified atom stereocenters. The first-order valence-electron chi connectivity index (χ1n) is 6.81. The Morgan fingerprint density at radius 2 is 2.10 bits per heavy atom. The van der Waals surface area contributed by atoms with Gasteiger partial charge in [-0.1, -0.05) is 42.1 Å². The van der Waals surface area contributed by atoms with Crippen LogP contribution < -0.4 is 5.56 Å². The van der Waals surface area contributed by atoms with Crippen molar-refractivity contribution in [2.45, 2.75) is 24.5 Å². The summed E-state index contributed by atoms with van der Waals surface area (Å²) < 4.78 is 1.81. The molecule has 1 aromatic carbocycles. The Labute approximate surface area is 126 Å². The van der Waals surface area contributed by atoms with Crippen molar-refractivity contribution in [3.05, 3.63) is 52.4 Å². The molecule has 0 amide bonds. The highest BCUT2D eigenvalue weighted by Crippen LogP contribution is 2.12. The maximum Gasteiger partial charge on any atom is 0.262 e. The van der Waals surface area contributed by atoms with Crippen LogP contribution in [0.4, 0.5) is 0 Å². The zero-order valence-corrected chi connectivity index (χ0v) is 12.6. The Bertz CT molecular complexity index is 794. The molecule has 0 saturated heterocycles. The first-order chi connectivity index (χ1) is 10.3. The van der Waals surface area contributed by atoms with Gasteiger partial charge in [-0.2, -0.15) is 5.10 Å². The number of aromatic nitrogens is 4. The van der Waals surface area contributed by atoms with Gasteiger partial charge in [0.2, 0.25) is 0 Å². The van der Waals surface area contributed by atoms with Crippen LogP contribution in [0.1, 0.15) is 12.0 Å². The molecule has 0 aliphatic rings. The average molecular weight is 300 g/mol. The quantitative estimate of drug-likeness (QED) is 0.581. The van der Waals surface area contributed by atoms with E-state index in [0.717, 1.165) is 19.4 Å². The van der Waals surface area contributed by atoms with E-state index in [1.54, 1.807) is 6.20 Å². The summed E-state index contributed by atoms with van der Waals surface area (Å²) in [6.07, 6.45) is 5.43. The number of H-pyrrole nitrogens is 1. The van der Waals surface area contributed by atoms with Crippen LogP contribution in [0.15, 0.2) is 46.5 Å². The molecule has 0 atom stereocenters. The SMILES string of the molecule is CSc1nc2c(cnn2CCCc2ccccc2)c(=O)[nH]1. The van der Waals surface area contributed by atoms with Gasteiger partial charge in [0.1, 0.15) is 5.39 Å². The number of nitrogens with one attached hydrogen (secondary N) is 1. The fourth-order valence-corrected chi connectivity index (χ4v) is 2.66. The van der Waals surface area contributed by atoms with E-state index in [1.165, 1.54) is 17.3 Å². The van der Waals surface area contributed by atoms with Crippen LogP contribution in [0.3, 0.4) is 0 Å². The molecule has 3 rings (SSSR count). The smallest absolute Gasteiger partial charge is 0.262 e. The molecule has 5 nitrogen and oxygen atoms in total. The van der Waals surface area contributed by atoms with E-state index in [1.807, 2.05) is 29.1 Å². The van der Waals surface area contributed by atoms with Crippen molar-refractivity contribution in [1.82, 2.24) is 19.7 Å². The summed E-state index contributed by atoms with van der Waals surface area (Å²) in [6, 6.07) is 10.4. The number of rotatable bonds is 5. The molecule has 0 bridgehead atoms. The van der Waals surface area contributed by atoms with Crippen LogP contribution in [-0.4, -0.2) is 26.0 Å². The third-order valence-corrected chi connectivity index (χ3v) is 3.94. The first-order valence-corrected chi connectivity index (χ1v) is 8.04. The van der Waals surface area contributed by atoms with Crippen molar-refractivity contribution in [2.24, 2.45) is 0 Å². The maximum atomic E-state index is 11.9. The van der Waals surface area contributed by atoms with Gasteiger partial charge in [-0.25, -0.2) is 9.67 Å². The third kappa shape index (κ3) is 3.00. The summed E-state index contributed by atoms with van der Waals surface area (Å²) in [5.74, 6) is 0. The van der Waals surface area contributed by atoms with Crippen molar-refractivity contribution in [1.29, 1.82) is 0 Å². The standard InChI is InChI=1S/C15H16N4OS/c1-21-15-17-13-12(14(20)18-15)10-16-19(13)9-5-8-11-6-3-2-4-7-11/h2-4,6-7,10H,5,8-9H2,1H3,(H,17,18,20). The zero-order valence-electron chi connectivity index (χ0n) is 11.7. The Morgan fingerprint density at radius 1 is 1.29 bits per heavy atom. The van der Waals surface area contributed by atoms with Crippen molar-refractivity contribution in [2.75, 3.05) is 6.26 Å². The van der Waals surface area contributed by atoms with E-state index in [4.69, 9.17) is 0 Å². The minimum atomic E-state index is -0.126. The Kier molecular flexibility index (Phi) is 4.06. The Hall–Kier alpha value is -2.08. The summed E-state index contributed by atoms with van der Waals surface area (Å²) in [7, 11) is 0. The molecule has 0 aliphatic carbocycles. The molecule has 0 spiro atoms. The minimum Gasteiger partial charge on any atom is -0.301 e. The maximum absolute atomic E-state index is 11.9. The molecular weight excluding hydrogens is 284 g/mol. The molecule has 3 aromatic rings. The normalized spacial score (nSPS) is 11.1. The largest absolute Gasteiger partial charge is 0.301 e. The molecule has 0 radical (unpaired) electrons. The number of hydrogen-bond donors (Lipinski definition) is 1. The second-order valence-corrected chi connectivity index (χ2v) is 5.56. The molecule has 0 saturated carbocycles. The van der Waals surface area contributed by atoms with Gasteiger partial charge in [-0.3, -0.25) is 4.79 Å². The Morgan fingerprint density at radius 3 is 2.86 bits per heavy atom. The molecule has 0 aliphatic heterocycles. The van der Waals surface area contributed by atoms with Gasteiger partial charge in [-0.15, -0.1) is 0 Å². The van der Waals surface area contributed by atoms with Crippen LogP contribution in [0.5, 0.6) is 0 Å². The van der Waals surface area contributed by atoms with E-state index in [-0.39, 0.29) is 5.56 Å². The number of hydrogen-bond acceptors (Lipinski definition) is 4. The van der Waals surface area contributed by atoms with Crippen molar-refractivity contribution in [3.63, 3.8) is 0 Å². The van der Waals surface area contributed by atoms with Gasteiger partial charge in [0.15, 0.2) is 10.8 Å². The van der Waals surface area contributed by atoms with E-state index >= 15 is 0 Å². The van der Waals surface area contributed by atoms with Crippen molar-refractivity contribution < 1.29 is 0 Å². The highest BCUT2D eigenvalue weighted by molar-refractivity contribution is 7.98. The third-order valence-electron chi connectivity index (χ3n) is 3.36. The number of fused-ring (bicyclic) bond motifs is 1. The summed E-state index contributed by atoms with van der Waals surface area (Å²) in [6.45, 7) is 0.753. The van der Waals surface area contributed by atoms with Crippen molar-refractivity contribution >= 4 is 22.8 Å². The zero-order chi connectivity index (χ0) is 14.7. The molecular formula is C15H16N4OS. The van der Waals surface area contributed by atoms with E-state index in [2.05, 4.69) is 27.2 Å². The van der Waals surface area contributed by atoms with Gasteiger partial charge < -0.3 is 4.98 Å². The molecule has 1 N–H and O–H groups in total. The van der Waals surface area contributed by atoms with Gasteiger partial charge in [0.05, 0.1) is 6.20 Å². The van der Waals surface area contributed by atoms with Crippen LogP contribution in [0.25, 0.3) is 11.0 Å². The second kappa shape index (κ2) is 6.13. The fraction of sp³-hybridized carbons (Fsp3) is 0.267. The number of thioether (sulfide) groups is 1. The highest BCUT2D eigenvalue weighted by atomic mass is 32.2. The summed E-state index contributed by atoms with van der Waals surface area (Å²) >= 11 is 1.42. The van der Waals surface area contributed by atoms with Crippen LogP contribution >= 0.6 is 11.8 Å². The Balaban J connectivity index is 1.78. The van der Waals surface area contributed by atoms with Gasteiger partial charge >= 0.3 is 0 Å². The fourth-order valence-electron chi connectivity index (χ4n) is 2.28. The summed E-state index contributed by atoms with van der Waals surface area (Å²) in [4.78, 5) is 19.1. The molecule has 0 fully saturated rings. The lowest BCUT2D eigenvalue weighted by Gasteiger charge is -2.04. The number of aryl methyl sites for hydroxylation is 2. The summed E-state index contributed by atoms with van der Waals surface area (Å²) in [5.41, 5.74) is 1.85. The van der Waals surface area contributed by atoms with Crippen LogP contribution in [0, 0.1) is 0 Å². The average Bonchev–Trinajstić information content (AvgIpc) is 2.92. The number of nitrogens with zero attached hydrogens (tertiary/aromatic N) is 3. The van der Waals surface area contributed by atoms with E-state index in [0.29, 0.717) is 16.2 Å². The summed E-state index contributed by atoms with van der Waals surface area (Å²) in [5, 5.41) is 5.46. The lowest BCUT2D eigenvalue weighted by atomic mass is 10.1. The topological polar surface area (TPSA) is 63.6 Å². The number of aromatic amines is 1. The molecule has 108 valence electrons. The van der Waals surface area contributed by atoms with Gasteiger partial charge in [0.25, 0.3) is 5.56 Å².